The quantitative estimate of drug-likeness (QED) is 0.480. The molecule has 3 aromatic rings. The second-order valence-corrected chi connectivity index (χ2v) is 10.9. The molecular weight excluding hydrogens is 504 g/mol. The fourth-order valence-corrected chi connectivity index (χ4v) is 4.84. The Kier molecular flexibility index (Phi) is 7.37. The second kappa shape index (κ2) is 10.3. The van der Waals surface area contributed by atoms with Gasteiger partial charge in [0.15, 0.2) is 0 Å². The lowest BCUT2D eigenvalue weighted by Crippen LogP contribution is -2.49. The molecule has 1 saturated heterocycles. The highest BCUT2D eigenvalue weighted by molar-refractivity contribution is 7.09. The minimum absolute atomic E-state index is 0.0226. The van der Waals surface area contributed by atoms with Crippen LogP contribution in [-0.2, 0) is 11.3 Å². The van der Waals surface area contributed by atoms with Gasteiger partial charge in [-0.2, -0.15) is 0 Å². The number of nitrogens with one attached hydrogen (secondary N) is 2. The third-order valence-corrected chi connectivity index (χ3v) is 6.64. The average molecular weight is 531 g/mol. The Morgan fingerprint density at radius 1 is 1.19 bits per heavy atom. The number of rotatable bonds is 4. The molecule has 0 aliphatic carbocycles. The summed E-state index contributed by atoms with van der Waals surface area (Å²) in [4.78, 5) is 58.9. The molecule has 0 unspecified atom stereocenters. The Hall–Kier alpha value is -3.37. The maximum atomic E-state index is 13.9. The predicted octanol–water partition coefficient (Wildman–Crippen LogP) is 4.56. The number of fused-ring (bicyclic) bond motifs is 1. The van der Waals surface area contributed by atoms with Gasteiger partial charge in [-0.1, -0.05) is 17.7 Å². The number of aromatic nitrogens is 1. The second-order valence-electron chi connectivity index (χ2n) is 9.48. The standard InChI is InChI=1S/C25H27ClN4O5S/c1-25(2,3)35-24(34)28-30(14-16-7-6-12-36-16)22(32)19-20(23(33)29-10-4-5-11-29)27-18-13-15(26)8-9-17(18)21(19)31/h6-9,12-13H,4-5,10-11,14H2,1-3H3,(H,27,31)(H,28,34). The van der Waals surface area contributed by atoms with Crippen molar-refractivity contribution in [1.82, 2.24) is 20.3 Å². The highest BCUT2D eigenvalue weighted by atomic mass is 35.5. The fraction of sp³-hybridized carbons (Fsp3) is 0.360. The maximum absolute atomic E-state index is 13.9. The number of aromatic amines is 1. The molecule has 0 saturated carbocycles. The zero-order chi connectivity index (χ0) is 26.0. The molecule has 11 heteroatoms. The van der Waals surface area contributed by atoms with Gasteiger partial charge in [0.05, 0.1) is 12.1 Å². The van der Waals surface area contributed by atoms with E-state index in [9.17, 15) is 19.2 Å². The molecule has 9 nitrogen and oxygen atoms in total. The van der Waals surface area contributed by atoms with Crippen molar-refractivity contribution in [3.8, 4) is 0 Å². The van der Waals surface area contributed by atoms with E-state index in [0.717, 1.165) is 22.7 Å². The molecule has 1 aliphatic heterocycles. The first-order valence-electron chi connectivity index (χ1n) is 11.5. The van der Waals surface area contributed by atoms with Gasteiger partial charge in [-0.05, 0) is 63.3 Å². The number of benzene rings is 1. The van der Waals surface area contributed by atoms with Crippen LogP contribution in [0.3, 0.4) is 0 Å². The van der Waals surface area contributed by atoms with Crippen molar-refractivity contribution in [2.45, 2.75) is 45.8 Å². The molecule has 3 heterocycles. The van der Waals surface area contributed by atoms with Crippen LogP contribution in [0.25, 0.3) is 10.9 Å². The number of H-pyrrole nitrogens is 1. The van der Waals surface area contributed by atoms with Crippen molar-refractivity contribution in [1.29, 1.82) is 0 Å². The number of likely N-dealkylation sites (tertiary alicyclic amines) is 1. The van der Waals surface area contributed by atoms with Crippen molar-refractivity contribution in [3.05, 3.63) is 67.1 Å². The number of carbonyl (C=O) groups excluding carboxylic acids is 3. The average Bonchev–Trinajstić information content (AvgIpc) is 3.50. The van der Waals surface area contributed by atoms with Crippen LogP contribution in [0.5, 0.6) is 0 Å². The van der Waals surface area contributed by atoms with Crippen molar-refractivity contribution < 1.29 is 19.1 Å². The Balaban J connectivity index is 1.82. The molecule has 3 amide bonds. The van der Waals surface area contributed by atoms with Crippen LogP contribution in [0.2, 0.25) is 5.02 Å². The Labute approximate surface area is 217 Å². The molecule has 1 aromatic carbocycles. The van der Waals surface area contributed by atoms with Gasteiger partial charge in [0.25, 0.3) is 11.8 Å². The monoisotopic (exact) mass is 530 g/mol. The summed E-state index contributed by atoms with van der Waals surface area (Å²) in [6.07, 6.45) is 0.816. The number of halogens is 1. The summed E-state index contributed by atoms with van der Waals surface area (Å²) in [5.41, 5.74) is 0.880. The summed E-state index contributed by atoms with van der Waals surface area (Å²) in [6, 6.07) is 8.19. The van der Waals surface area contributed by atoms with Gasteiger partial charge in [-0.15, -0.1) is 11.3 Å². The maximum Gasteiger partial charge on any atom is 0.426 e. The van der Waals surface area contributed by atoms with Crippen LogP contribution in [-0.4, -0.2) is 51.5 Å². The van der Waals surface area contributed by atoms with Crippen molar-refractivity contribution in [2.24, 2.45) is 0 Å². The molecule has 4 rings (SSSR count). The van der Waals surface area contributed by atoms with E-state index in [2.05, 4.69) is 10.4 Å². The summed E-state index contributed by atoms with van der Waals surface area (Å²) in [5, 5.41) is 3.42. The van der Waals surface area contributed by atoms with Crippen LogP contribution < -0.4 is 10.9 Å². The van der Waals surface area contributed by atoms with Gasteiger partial charge in [0.2, 0.25) is 5.43 Å². The lowest BCUT2D eigenvalue weighted by molar-refractivity contribution is 0.0281. The number of hydrogen-bond donors (Lipinski definition) is 2. The third-order valence-electron chi connectivity index (χ3n) is 5.55. The van der Waals surface area contributed by atoms with E-state index < -0.39 is 28.9 Å². The lowest BCUT2D eigenvalue weighted by atomic mass is 10.1. The van der Waals surface area contributed by atoms with Crippen LogP contribution >= 0.6 is 22.9 Å². The van der Waals surface area contributed by atoms with E-state index in [1.807, 2.05) is 11.4 Å². The Morgan fingerprint density at radius 2 is 1.92 bits per heavy atom. The van der Waals surface area contributed by atoms with E-state index >= 15 is 0 Å². The van der Waals surface area contributed by atoms with E-state index in [-0.39, 0.29) is 23.2 Å². The van der Waals surface area contributed by atoms with Gasteiger partial charge >= 0.3 is 6.09 Å². The summed E-state index contributed by atoms with van der Waals surface area (Å²) in [7, 11) is 0. The smallest absolute Gasteiger partial charge is 0.426 e. The predicted molar refractivity (Wildman–Crippen MR) is 138 cm³/mol. The first kappa shape index (κ1) is 25.7. The molecule has 1 aliphatic rings. The summed E-state index contributed by atoms with van der Waals surface area (Å²) < 4.78 is 5.33. The molecule has 0 bridgehead atoms. The van der Waals surface area contributed by atoms with Gasteiger partial charge in [0.1, 0.15) is 16.9 Å². The number of nitrogens with zero attached hydrogens (tertiary/aromatic N) is 2. The number of amides is 3. The molecular formula is C25H27ClN4O5S. The van der Waals surface area contributed by atoms with Gasteiger partial charge < -0.3 is 14.6 Å². The SMILES string of the molecule is CC(C)(C)OC(=O)NN(Cc1cccs1)C(=O)c1c(C(=O)N2CCCC2)[nH]c2cc(Cl)ccc2c1=O. The summed E-state index contributed by atoms with van der Waals surface area (Å²) in [6.45, 7) is 6.12. The van der Waals surface area contributed by atoms with E-state index in [4.69, 9.17) is 16.3 Å². The fourth-order valence-electron chi connectivity index (χ4n) is 3.97. The first-order chi connectivity index (χ1) is 17.0. The van der Waals surface area contributed by atoms with Crippen LogP contribution in [0, 0.1) is 0 Å². The van der Waals surface area contributed by atoms with Gasteiger partial charge in [0, 0.05) is 28.4 Å². The summed E-state index contributed by atoms with van der Waals surface area (Å²) in [5.74, 6) is -1.28. The van der Waals surface area contributed by atoms with E-state index in [0.29, 0.717) is 23.6 Å². The molecule has 190 valence electrons. The minimum Gasteiger partial charge on any atom is -0.443 e. The topological polar surface area (TPSA) is 112 Å². The molecule has 0 radical (unpaired) electrons. The number of pyridine rings is 1. The summed E-state index contributed by atoms with van der Waals surface area (Å²) >= 11 is 7.50. The molecule has 1 fully saturated rings. The van der Waals surface area contributed by atoms with E-state index in [1.165, 1.54) is 29.5 Å². The van der Waals surface area contributed by atoms with Crippen LogP contribution in [0.4, 0.5) is 4.79 Å². The number of hydrogen-bond acceptors (Lipinski definition) is 6. The molecule has 36 heavy (non-hydrogen) atoms. The van der Waals surface area contributed by atoms with E-state index in [1.54, 1.807) is 31.7 Å². The van der Waals surface area contributed by atoms with Gasteiger partial charge in [-0.25, -0.2) is 15.2 Å². The van der Waals surface area contributed by atoms with Crippen LogP contribution in [0.1, 0.15) is 59.3 Å². The minimum atomic E-state index is -0.858. The lowest BCUT2D eigenvalue weighted by Gasteiger charge is -2.26. The zero-order valence-corrected chi connectivity index (χ0v) is 21.8. The normalized spacial score (nSPS) is 13.6. The van der Waals surface area contributed by atoms with Crippen LogP contribution in [0.15, 0.2) is 40.5 Å². The third kappa shape index (κ3) is 5.71. The number of thiophene rings is 1. The number of hydrazine groups is 1. The Bertz CT molecular complexity index is 1360. The molecule has 0 atom stereocenters. The largest absolute Gasteiger partial charge is 0.443 e. The Morgan fingerprint density at radius 3 is 2.56 bits per heavy atom. The highest BCUT2D eigenvalue weighted by Crippen LogP contribution is 2.22. The van der Waals surface area contributed by atoms with Gasteiger partial charge in [-0.3, -0.25) is 14.4 Å². The molecule has 0 spiro atoms. The van der Waals surface area contributed by atoms with Crippen molar-refractivity contribution in [2.75, 3.05) is 13.1 Å². The van der Waals surface area contributed by atoms with Crippen molar-refractivity contribution >= 4 is 51.7 Å². The van der Waals surface area contributed by atoms with Crippen molar-refractivity contribution in [3.63, 3.8) is 0 Å². The molecule has 2 aromatic heterocycles. The number of carbonyl (C=O) groups is 3. The zero-order valence-electron chi connectivity index (χ0n) is 20.2. The number of ether oxygens (including phenoxy) is 1. The molecule has 2 N–H and O–H groups in total. The first-order valence-corrected chi connectivity index (χ1v) is 12.8. The highest BCUT2D eigenvalue weighted by Gasteiger charge is 2.32.